The van der Waals surface area contributed by atoms with Crippen molar-refractivity contribution in [1.82, 2.24) is 0 Å². The zero-order valence-corrected chi connectivity index (χ0v) is 8.29. The second kappa shape index (κ2) is 3.99. The molecule has 8 heteroatoms. The van der Waals surface area contributed by atoms with Gasteiger partial charge in [-0.05, 0) is 0 Å². The predicted molar refractivity (Wildman–Crippen MR) is 41.7 cm³/mol. The van der Waals surface area contributed by atoms with Gasteiger partial charge in [0.1, 0.15) is 5.57 Å². The zero-order chi connectivity index (χ0) is 13.4. The van der Waals surface area contributed by atoms with Gasteiger partial charge < -0.3 is 4.74 Å². The summed E-state index contributed by atoms with van der Waals surface area (Å²) < 4.78 is 79.5. The summed E-state index contributed by atoms with van der Waals surface area (Å²) in [4.78, 5) is 10.6. The molecule has 0 rings (SSSR count). The molecule has 0 atom stereocenters. The molecule has 0 aromatic rings. The molecule has 0 N–H and O–H groups in total. The fourth-order valence-corrected chi connectivity index (χ4v) is 0.717. The highest BCUT2D eigenvalue weighted by Gasteiger charge is 2.71. The number of hydrogen-bond acceptors (Lipinski definition) is 2. The van der Waals surface area contributed by atoms with E-state index in [0.29, 0.717) is 7.11 Å². The highest BCUT2D eigenvalue weighted by molar-refractivity contribution is 5.89. The third-order valence-electron chi connectivity index (χ3n) is 1.76. The first-order valence-electron chi connectivity index (χ1n) is 3.80. The molecule has 0 spiro atoms. The van der Waals surface area contributed by atoms with Crippen molar-refractivity contribution in [1.29, 1.82) is 0 Å². The van der Waals surface area contributed by atoms with Crippen molar-refractivity contribution >= 4 is 5.97 Å². The molecular formula is C8H8F6O2. The van der Waals surface area contributed by atoms with Crippen LogP contribution >= 0.6 is 0 Å². The highest BCUT2D eigenvalue weighted by Crippen LogP contribution is 2.48. The SMILES string of the molecule is C=C(C(=O)OC)C(F)(F)C(F)(F)C(C)(F)F. The van der Waals surface area contributed by atoms with E-state index in [1.807, 2.05) is 0 Å². The minimum Gasteiger partial charge on any atom is -0.466 e. The van der Waals surface area contributed by atoms with Crippen LogP contribution in [-0.2, 0) is 9.53 Å². The molecule has 0 aromatic carbocycles. The Labute approximate surface area is 86.9 Å². The average Bonchev–Trinajstić information content (AvgIpc) is 2.13. The normalized spacial score (nSPS) is 13.5. The summed E-state index contributed by atoms with van der Waals surface area (Å²) in [6.07, 6.45) is 0. The van der Waals surface area contributed by atoms with E-state index in [4.69, 9.17) is 0 Å². The molecule has 0 saturated carbocycles. The standard InChI is InChI=1S/C8H8F6O2/c1-4(5(15)16-3)7(11,12)8(13,14)6(2,9)10/h1H2,2-3H3. The highest BCUT2D eigenvalue weighted by atomic mass is 19.3. The number of hydrogen-bond donors (Lipinski definition) is 0. The lowest BCUT2D eigenvalue weighted by Gasteiger charge is -2.30. The lowest BCUT2D eigenvalue weighted by Crippen LogP contribution is -2.54. The van der Waals surface area contributed by atoms with E-state index in [9.17, 15) is 31.1 Å². The molecule has 0 fully saturated rings. The number of carbonyl (C=O) groups excluding carboxylic acids is 1. The maximum absolute atomic E-state index is 12.9. The van der Waals surface area contributed by atoms with Crippen LogP contribution in [0.5, 0.6) is 0 Å². The van der Waals surface area contributed by atoms with Crippen molar-refractivity contribution < 1.29 is 35.9 Å². The van der Waals surface area contributed by atoms with Gasteiger partial charge in [-0.25, -0.2) is 4.79 Å². The molecule has 0 unspecified atom stereocenters. The smallest absolute Gasteiger partial charge is 0.376 e. The van der Waals surface area contributed by atoms with Crippen LogP contribution in [0, 0.1) is 0 Å². The molecule has 2 nitrogen and oxygen atoms in total. The molecule has 0 radical (unpaired) electrons. The van der Waals surface area contributed by atoms with E-state index in [1.165, 1.54) is 0 Å². The van der Waals surface area contributed by atoms with E-state index in [2.05, 4.69) is 11.3 Å². The number of esters is 1. The molecule has 0 saturated heterocycles. The summed E-state index contributed by atoms with van der Waals surface area (Å²) >= 11 is 0. The molecule has 0 aliphatic heterocycles. The Bertz CT molecular complexity index is 304. The average molecular weight is 250 g/mol. The molecule has 0 heterocycles. The number of methoxy groups -OCH3 is 1. The van der Waals surface area contributed by atoms with Crippen LogP contribution in [-0.4, -0.2) is 30.8 Å². The molecule has 0 aliphatic carbocycles. The van der Waals surface area contributed by atoms with Crippen LogP contribution in [0.25, 0.3) is 0 Å². The van der Waals surface area contributed by atoms with Crippen molar-refractivity contribution in [2.24, 2.45) is 0 Å². The minimum absolute atomic E-state index is 0.383. The Balaban J connectivity index is 5.36. The lowest BCUT2D eigenvalue weighted by atomic mass is 9.99. The van der Waals surface area contributed by atoms with Crippen LogP contribution in [0.2, 0.25) is 0 Å². The van der Waals surface area contributed by atoms with Crippen LogP contribution in [0.1, 0.15) is 6.92 Å². The fraction of sp³-hybridized carbons (Fsp3) is 0.625. The van der Waals surface area contributed by atoms with E-state index in [-0.39, 0.29) is 6.92 Å². The molecule has 16 heavy (non-hydrogen) atoms. The number of alkyl halides is 6. The van der Waals surface area contributed by atoms with Gasteiger partial charge in [-0.2, -0.15) is 26.3 Å². The molecule has 0 aliphatic rings. The van der Waals surface area contributed by atoms with Gasteiger partial charge in [0, 0.05) is 6.92 Å². The molecule has 0 bridgehead atoms. The van der Waals surface area contributed by atoms with Gasteiger partial charge in [0.05, 0.1) is 7.11 Å². The molecular weight excluding hydrogens is 242 g/mol. The van der Waals surface area contributed by atoms with E-state index in [0.717, 1.165) is 0 Å². The zero-order valence-electron chi connectivity index (χ0n) is 8.29. The van der Waals surface area contributed by atoms with Crippen molar-refractivity contribution in [3.63, 3.8) is 0 Å². The molecule has 0 amide bonds. The van der Waals surface area contributed by atoms with Crippen LogP contribution in [0.15, 0.2) is 12.2 Å². The maximum Gasteiger partial charge on any atom is 0.376 e. The Morgan fingerprint density at radius 2 is 1.50 bits per heavy atom. The minimum atomic E-state index is -5.73. The Morgan fingerprint density at radius 3 is 1.75 bits per heavy atom. The quantitative estimate of drug-likeness (QED) is 0.435. The Kier molecular flexibility index (Phi) is 3.68. The number of halogens is 6. The van der Waals surface area contributed by atoms with Crippen LogP contribution in [0.3, 0.4) is 0 Å². The van der Waals surface area contributed by atoms with Gasteiger partial charge in [0.25, 0.3) is 0 Å². The van der Waals surface area contributed by atoms with E-state index >= 15 is 0 Å². The lowest BCUT2D eigenvalue weighted by molar-refractivity contribution is -0.288. The summed E-state index contributed by atoms with van der Waals surface area (Å²) in [5.74, 6) is -18.0. The number of carbonyl (C=O) groups is 1. The topological polar surface area (TPSA) is 26.3 Å². The first-order valence-corrected chi connectivity index (χ1v) is 3.80. The second-order valence-corrected chi connectivity index (χ2v) is 3.01. The van der Waals surface area contributed by atoms with E-state index in [1.54, 1.807) is 0 Å². The monoisotopic (exact) mass is 250 g/mol. The molecule has 94 valence electrons. The third kappa shape index (κ3) is 2.14. The predicted octanol–water partition coefficient (Wildman–Crippen LogP) is 2.64. The van der Waals surface area contributed by atoms with Gasteiger partial charge >= 0.3 is 23.7 Å². The number of ether oxygens (including phenoxy) is 1. The van der Waals surface area contributed by atoms with E-state index < -0.39 is 29.3 Å². The first kappa shape index (κ1) is 14.8. The van der Waals surface area contributed by atoms with Crippen molar-refractivity contribution in [2.45, 2.75) is 24.7 Å². The maximum atomic E-state index is 12.9. The third-order valence-corrected chi connectivity index (χ3v) is 1.76. The van der Waals surface area contributed by atoms with Crippen molar-refractivity contribution in [3.05, 3.63) is 12.2 Å². The van der Waals surface area contributed by atoms with Crippen LogP contribution in [0.4, 0.5) is 26.3 Å². The second-order valence-electron chi connectivity index (χ2n) is 3.01. The Hall–Kier alpha value is -1.21. The van der Waals surface area contributed by atoms with Gasteiger partial charge in [-0.3, -0.25) is 0 Å². The van der Waals surface area contributed by atoms with Gasteiger partial charge in [0.15, 0.2) is 0 Å². The van der Waals surface area contributed by atoms with Gasteiger partial charge in [-0.1, -0.05) is 6.58 Å². The first-order chi connectivity index (χ1) is 6.89. The van der Waals surface area contributed by atoms with Crippen molar-refractivity contribution in [3.8, 4) is 0 Å². The largest absolute Gasteiger partial charge is 0.466 e. The van der Waals surface area contributed by atoms with Gasteiger partial charge in [-0.15, -0.1) is 0 Å². The Morgan fingerprint density at radius 1 is 1.12 bits per heavy atom. The summed E-state index contributed by atoms with van der Waals surface area (Å²) in [7, 11) is 0.631. The van der Waals surface area contributed by atoms with Crippen molar-refractivity contribution in [2.75, 3.05) is 7.11 Å². The molecule has 0 aromatic heterocycles. The summed E-state index contributed by atoms with van der Waals surface area (Å²) in [6.45, 7) is 1.96. The fourth-order valence-electron chi connectivity index (χ4n) is 0.717. The summed E-state index contributed by atoms with van der Waals surface area (Å²) in [5, 5.41) is 0. The van der Waals surface area contributed by atoms with Crippen LogP contribution < -0.4 is 0 Å². The summed E-state index contributed by atoms with van der Waals surface area (Å²) in [6, 6.07) is 0. The summed E-state index contributed by atoms with van der Waals surface area (Å²) in [5.41, 5.74) is -2.03. The van der Waals surface area contributed by atoms with Gasteiger partial charge in [0.2, 0.25) is 0 Å². The number of rotatable bonds is 4.